The predicted molar refractivity (Wildman–Crippen MR) is 84.3 cm³/mol. The van der Waals surface area contributed by atoms with Gasteiger partial charge in [-0.05, 0) is 25.0 Å². The van der Waals surface area contributed by atoms with E-state index >= 15 is 0 Å². The highest BCUT2D eigenvalue weighted by Crippen LogP contribution is 2.24. The number of piperidine rings is 1. The zero-order valence-corrected chi connectivity index (χ0v) is 13.0. The summed E-state index contributed by atoms with van der Waals surface area (Å²) in [6.45, 7) is 2.21. The second-order valence-corrected chi connectivity index (χ2v) is 5.36. The Labute approximate surface area is 131 Å². The molecule has 1 aliphatic rings. The maximum Gasteiger partial charge on any atom is 0.322 e. The van der Waals surface area contributed by atoms with Gasteiger partial charge in [-0.3, -0.25) is 0 Å². The highest BCUT2D eigenvalue weighted by Gasteiger charge is 2.22. The van der Waals surface area contributed by atoms with E-state index in [0.717, 1.165) is 19.3 Å². The Hall–Kier alpha value is -1.79. The van der Waals surface area contributed by atoms with Crippen molar-refractivity contribution in [2.75, 3.05) is 38.7 Å². The number of nitrogens with one attached hydrogen (secondary N) is 1. The van der Waals surface area contributed by atoms with Crippen molar-refractivity contribution in [1.29, 1.82) is 0 Å². The van der Waals surface area contributed by atoms with Gasteiger partial charge in [0.15, 0.2) is 0 Å². The van der Waals surface area contributed by atoms with E-state index in [4.69, 9.17) is 9.47 Å². The molecule has 0 radical (unpaired) electrons. The van der Waals surface area contributed by atoms with E-state index < -0.39 is 6.10 Å². The highest BCUT2D eigenvalue weighted by atomic mass is 16.5. The molecule has 2 amide bonds. The van der Waals surface area contributed by atoms with Crippen molar-refractivity contribution in [2.24, 2.45) is 0 Å². The summed E-state index contributed by atoms with van der Waals surface area (Å²) in [5.41, 5.74) is 0.644. The van der Waals surface area contributed by atoms with Gasteiger partial charge < -0.3 is 24.8 Å². The van der Waals surface area contributed by atoms with Crippen LogP contribution in [-0.4, -0.2) is 55.6 Å². The molecule has 0 bridgehead atoms. The maximum absolute atomic E-state index is 12.3. The van der Waals surface area contributed by atoms with Crippen LogP contribution in [-0.2, 0) is 4.74 Å². The number of carbonyl (C=O) groups excluding carboxylic acids is 1. The van der Waals surface area contributed by atoms with E-state index in [0.29, 0.717) is 37.7 Å². The quantitative estimate of drug-likeness (QED) is 0.790. The number of anilines is 1. The van der Waals surface area contributed by atoms with Crippen LogP contribution in [0.25, 0.3) is 0 Å². The first-order valence-corrected chi connectivity index (χ1v) is 7.65. The Morgan fingerprint density at radius 2 is 2.23 bits per heavy atom. The number of aliphatic hydroxyl groups excluding tert-OH is 1. The molecule has 1 atom stereocenters. The fourth-order valence-corrected chi connectivity index (χ4v) is 2.41. The molecule has 2 N–H and O–H groups in total. The molecule has 6 nitrogen and oxygen atoms in total. The fourth-order valence-electron chi connectivity index (χ4n) is 2.41. The Morgan fingerprint density at radius 3 is 3.00 bits per heavy atom. The number of benzene rings is 1. The standard InChI is InChI=1S/C16H24N2O4/c1-21-10-5-11-22-15-8-3-2-7-14(15)17-16(20)18-9-4-6-13(19)12-18/h2-3,7-8,13,19H,4-6,9-12H2,1H3,(H,17,20)/t13-/m1/s1. The average Bonchev–Trinajstić information content (AvgIpc) is 2.53. The van der Waals surface area contributed by atoms with Crippen LogP contribution in [0.4, 0.5) is 10.5 Å². The molecule has 1 aliphatic heterocycles. The Kier molecular flexibility index (Phi) is 6.48. The molecule has 6 heteroatoms. The van der Waals surface area contributed by atoms with Gasteiger partial charge in [-0.25, -0.2) is 4.79 Å². The molecular weight excluding hydrogens is 284 g/mol. The number of likely N-dealkylation sites (tertiary alicyclic amines) is 1. The molecule has 2 rings (SSSR count). The number of nitrogens with zero attached hydrogens (tertiary/aromatic N) is 1. The minimum Gasteiger partial charge on any atom is -0.491 e. The maximum atomic E-state index is 12.3. The number of methoxy groups -OCH3 is 1. The summed E-state index contributed by atoms with van der Waals surface area (Å²) in [6.07, 6.45) is 1.93. The molecular formula is C16H24N2O4. The number of aliphatic hydroxyl groups is 1. The summed E-state index contributed by atoms with van der Waals surface area (Å²) >= 11 is 0. The van der Waals surface area contributed by atoms with E-state index in [1.165, 1.54) is 0 Å². The number of carbonyl (C=O) groups is 1. The smallest absolute Gasteiger partial charge is 0.322 e. The van der Waals surface area contributed by atoms with E-state index in [1.807, 2.05) is 24.3 Å². The number of para-hydroxylation sites is 2. The van der Waals surface area contributed by atoms with Crippen LogP contribution in [0.5, 0.6) is 5.75 Å². The number of hydrogen-bond donors (Lipinski definition) is 2. The Morgan fingerprint density at radius 1 is 1.41 bits per heavy atom. The van der Waals surface area contributed by atoms with Gasteiger partial charge in [0.1, 0.15) is 5.75 Å². The minimum absolute atomic E-state index is 0.202. The van der Waals surface area contributed by atoms with E-state index in [9.17, 15) is 9.90 Å². The van der Waals surface area contributed by atoms with E-state index in [-0.39, 0.29) is 6.03 Å². The number of hydrogen-bond acceptors (Lipinski definition) is 4. The molecule has 0 unspecified atom stereocenters. The second-order valence-electron chi connectivity index (χ2n) is 5.36. The fraction of sp³-hybridized carbons (Fsp3) is 0.562. The molecule has 22 heavy (non-hydrogen) atoms. The van der Waals surface area contributed by atoms with Gasteiger partial charge in [0.05, 0.1) is 18.4 Å². The summed E-state index contributed by atoms with van der Waals surface area (Å²) in [5.74, 6) is 0.643. The molecule has 1 aromatic rings. The van der Waals surface area contributed by atoms with E-state index in [1.54, 1.807) is 12.0 Å². The number of amides is 2. The normalized spacial score (nSPS) is 18.1. The molecule has 0 aliphatic carbocycles. The third-order valence-electron chi connectivity index (χ3n) is 3.56. The van der Waals surface area contributed by atoms with Gasteiger partial charge in [0.2, 0.25) is 0 Å². The lowest BCUT2D eigenvalue weighted by Crippen LogP contribution is -2.44. The van der Waals surface area contributed by atoms with Crippen molar-refractivity contribution >= 4 is 11.7 Å². The van der Waals surface area contributed by atoms with Crippen LogP contribution in [0.3, 0.4) is 0 Å². The van der Waals surface area contributed by atoms with Crippen LogP contribution in [0, 0.1) is 0 Å². The molecule has 122 valence electrons. The summed E-state index contributed by atoms with van der Waals surface area (Å²) in [6, 6.07) is 7.15. The number of rotatable bonds is 6. The summed E-state index contributed by atoms with van der Waals surface area (Å²) in [4.78, 5) is 13.9. The number of ether oxygens (including phenoxy) is 2. The van der Waals surface area contributed by atoms with Crippen LogP contribution < -0.4 is 10.1 Å². The molecule has 1 saturated heterocycles. The molecule has 0 spiro atoms. The van der Waals surface area contributed by atoms with Gasteiger partial charge in [0.25, 0.3) is 0 Å². The van der Waals surface area contributed by atoms with Crippen LogP contribution in [0.1, 0.15) is 19.3 Å². The highest BCUT2D eigenvalue weighted by molar-refractivity contribution is 5.91. The topological polar surface area (TPSA) is 71.0 Å². The zero-order valence-electron chi connectivity index (χ0n) is 13.0. The van der Waals surface area contributed by atoms with Crippen molar-refractivity contribution in [3.63, 3.8) is 0 Å². The molecule has 0 aromatic heterocycles. The van der Waals surface area contributed by atoms with Crippen molar-refractivity contribution in [1.82, 2.24) is 4.90 Å². The summed E-state index contributed by atoms with van der Waals surface area (Å²) < 4.78 is 10.7. The van der Waals surface area contributed by atoms with Crippen molar-refractivity contribution in [2.45, 2.75) is 25.4 Å². The van der Waals surface area contributed by atoms with Crippen LogP contribution >= 0.6 is 0 Å². The van der Waals surface area contributed by atoms with Gasteiger partial charge in [0, 0.05) is 33.2 Å². The third-order valence-corrected chi connectivity index (χ3v) is 3.56. The molecule has 1 fully saturated rings. The van der Waals surface area contributed by atoms with E-state index in [2.05, 4.69) is 5.32 Å². The number of urea groups is 1. The van der Waals surface area contributed by atoms with Crippen molar-refractivity contribution in [3.8, 4) is 5.75 Å². The minimum atomic E-state index is -0.431. The lowest BCUT2D eigenvalue weighted by atomic mass is 10.1. The lowest BCUT2D eigenvalue weighted by Gasteiger charge is -2.30. The van der Waals surface area contributed by atoms with Gasteiger partial charge in [-0.1, -0.05) is 12.1 Å². The Bertz CT molecular complexity index is 481. The van der Waals surface area contributed by atoms with Crippen molar-refractivity contribution in [3.05, 3.63) is 24.3 Å². The third kappa shape index (κ3) is 4.89. The molecule has 1 aromatic carbocycles. The predicted octanol–water partition coefficient (Wildman–Crippen LogP) is 2.09. The first kappa shape index (κ1) is 16.6. The Balaban J connectivity index is 1.92. The number of β-amino-alcohol motifs (C(OH)–C–C–N with tert-alkyl or cyclic N) is 1. The summed E-state index contributed by atoms with van der Waals surface area (Å²) in [7, 11) is 1.65. The zero-order chi connectivity index (χ0) is 15.8. The van der Waals surface area contributed by atoms with Gasteiger partial charge in [-0.2, -0.15) is 0 Å². The largest absolute Gasteiger partial charge is 0.491 e. The SMILES string of the molecule is COCCCOc1ccccc1NC(=O)N1CCC[C@@H](O)C1. The summed E-state index contributed by atoms with van der Waals surface area (Å²) in [5, 5.41) is 12.5. The molecule has 1 heterocycles. The molecule has 0 saturated carbocycles. The first-order valence-electron chi connectivity index (χ1n) is 7.65. The average molecular weight is 308 g/mol. The van der Waals surface area contributed by atoms with Gasteiger partial charge in [-0.15, -0.1) is 0 Å². The van der Waals surface area contributed by atoms with Crippen molar-refractivity contribution < 1.29 is 19.4 Å². The van der Waals surface area contributed by atoms with Crippen LogP contribution in [0.2, 0.25) is 0 Å². The monoisotopic (exact) mass is 308 g/mol. The lowest BCUT2D eigenvalue weighted by molar-refractivity contribution is 0.0883. The van der Waals surface area contributed by atoms with Gasteiger partial charge >= 0.3 is 6.03 Å². The first-order chi connectivity index (χ1) is 10.7. The van der Waals surface area contributed by atoms with Crippen LogP contribution in [0.15, 0.2) is 24.3 Å². The second kappa shape index (κ2) is 8.60.